The number of carbonyl (C=O) groups is 2. The van der Waals surface area contributed by atoms with Crippen molar-refractivity contribution >= 4 is 38.1 Å². The lowest BCUT2D eigenvalue weighted by Crippen LogP contribution is -2.40. The SMILES string of the molecule is COc1nc(C)nc(NC(=O)NS(=O)(=O)c2ccccc2CCC(F)(F)F)n1.COc1nn(C(=O)NS(=O)(=O)c2ccccc2OC(F)(F)F)c(=O)n1C. The molecule has 0 saturated carbocycles. The van der Waals surface area contributed by atoms with E-state index in [1.54, 1.807) is 4.72 Å². The number of anilines is 1. The first-order valence-corrected chi connectivity index (χ1v) is 17.3. The number of hydrogen-bond acceptors (Lipinski definition) is 14. The van der Waals surface area contributed by atoms with E-state index in [0.29, 0.717) is 0 Å². The second-order valence-corrected chi connectivity index (χ2v) is 13.4. The first-order valence-electron chi connectivity index (χ1n) is 14.3. The van der Waals surface area contributed by atoms with Crippen molar-refractivity contribution in [1.82, 2.24) is 38.7 Å². The molecule has 2 aromatic carbocycles. The van der Waals surface area contributed by atoms with Crippen molar-refractivity contribution in [3.05, 3.63) is 70.4 Å². The van der Waals surface area contributed by atoms with Crippen LogP contribution < -0.4 is 34.7 Å². The number of ether oxygens (including phenoxy) is 3. The molecule has 27 heteroatoms. The predicted molar refractivity (Wildman–Crippen MR) is 170 cm³/mol. The molecule has 0 unspecified atom stereocenters. The molecule has 4 aromatic rings. The first-order chi connectivity index (χ1) is 25.0. The molecule has 19 nitrogen and oxygen atoms in total. The number of urea groups is 1. The zero-order valence-corrected chi connectivity index (χ0v) is 29.5. The molecule has 3 amide bonds. The van der Waals surface area contributed by atoms with Crippen LogP contribution in [0.5, 0.6) is 17.8 Å². The van der Waals surface area contributed by atoms with E-state index >= 15 is 0 Å². The zero-order chi connectivity index (χ0) is 40.6. The predicted octanol–water partition coefficient (Wildman–Crippen LogP) is 2.63. The second-order valence-electron chi connectivity index (χ2n) is 10.1. The Morgan fingerprint density at radius 1 is 0.833 bits per heavy atom. The minimum absolute atomic E-state index is 0.0715. The summed E-state index contributed by atoms with van der Waals surface area (Å²) in [5.74, 6) is -1.10. The van der Waals surface area contributed by atoms with E-state index < -0.39 is 78.7 Å². The highest BCUT2D eigenvalue weighted by atomic mass is 32.2. The van der Waals surface area contributed by atoms with Crippen LogP contribution in [0, 0.1) is 6.92 Å². The molecular formula is C27H27F6N9O10S2. The number of para-hydroxylation sites is 1. The molecule has 0 bridgehead atoms. The van der Waals surface area contributed by atoms with Gasteiger partial charge in [-0.05, 0) is 37.1 Å². The summed E-state index contributed by atoms with van der Waals surface area (Å²) in [6.07, 6.45) is -11.3. The molecule has 3 N–H and O–H groups in total. The summed E-state index contributed by atoms with van der Waals surface area (Å²) in [6.45, 7) is 1.50. The normalized spacial score (nSPS) is 11.8. The maximum atomic E-state index is 12.5. The Bertz CT molecular complexity index is 2280. The molecule has 0 aliphatic heterocycles. The highest BCUT2D eigenvalue weighted by molar-refractivity contribution is 7.90. The van der Waals surface area contributed by atoms with Gasteiger partial charge in [0, 0.05) is 13.5 Å². The fraction of sp³-hybridized carbons (Fsp3) is 0.296. The average Bonchev–Trinajstić information content (AvgIpc) is 3.35. The van der Waals surface area contributed by atoms with Crippen LogP contribution in [-0.2, 0) is 33.5 Å². The van der Waals surface area contributed by atoms with E-state index in [4.69, 9.17) is 9.47 Å². The first kappa shape index (κ1) is 42.4. The lowest BCUT2D eigenvalue weighted by Gasteiger charge is -2.13. The average molecular weight is 816 g/mol. The number of rotatable bonds is 10. The fourth-order valence-corrected chi connectivity index (χ4v) is 6.22. The smallest absolute Gasteiger partial charge is 0.467 e. The summed E-state index contributed by atoms with van der Waals surface area (Å²) in [6, 6.07) is 5.78. The molecule has 0 aliphatic rings. The van der Waals surface area contributed by atoms with Crippen molar-refractivity contribution in [3.8, 4) is 17.8 Å². The van der Waals surface area contributed by atoms with Gasteiger partial charge in [-0.25, -0.2) is 45.2 Å². The summed E-state index contributed by atoms with van der Waals surface area (Å²) in [7, 11) is -5.59. The molecule has 0 aliphatic carbocycles. The molecule has 0 fully saturated rings. The molecule has 0 spiro atoms. The van der Waals surface area contributed by atoms with Gasteiger partial charge in [-0.15, -0.1) is 23.0 Å². The van der Waals surface area contributed by atoms with Crippen LogP contribution in [0.25, 0.3) is 0 Å². The molecule has 2 heterocycles. The van der Waals surface area contributed by atoms with Crippen molar-refractivity contribution in [1.29, 1.82) is 0 Å². The van der Waals surface area contributed by atoms with Gasteiger partial charge in [-0.3, -0.25) is 5.32 Å². The van der Waals surface area contributed by atoms with Gasteiger partial charge < -0.3 is 14.2 Å². The number of halogens is 6. The highest BCUT2D eigenvalue weighted by Gasteiger charge is 2.35. The van der Waals surface area contributed by atoms with E-state index in [0.717, 1.165) is 42.0 Å². The summed E-state index contributed by atoms with van der Waals surface area (Å²) >= 11 is 0. The fourth-order valence-electron chi connectivity index (χ4n) is 3.98. The van der Waals surface area contributed by atoms with Crippen LogP contribution in [0.4, 0.5) is 41.9 Å². The monoisotopic (exact) mass is 815 g/mol. The highest BCUT2D eigenvalue weighted by Crippen LogP contribution is 2.29. The van der Waals surface area contributed by atoms with Crippen LogP contribution in [0.15, 0.2) is 63.1 Å². The third-order valence-corrected chi connectivity index (χ3v) is 8.99. The van der Waals surface area contributed by atoms with Gasteiger partial charge >= 0.3 is 42.3 Å². The Labute approximate surface area is 300 Å². The second kappa shape index (κ2) is 16.8. The molecular weight excluding hydrogens is 788 g/mol. The van der Waals surface area contributed by atoms with Crippen LogP contribution in [0.1, 0.15) is 17.8 Å². The van der Waals surface area contributed by atoms with Gasteiger partial charge in [0.1, 0.15) is 16.5 Å². The Balaban J connectivity index is 0.000000291. The number of alkyl halides is 6. The van der Waals surface area contributed by atoms with Crippen LogP contribution in [0.3, 0.4) is 0 Å². The number of benzene rings is 2. The number of aryl methyl sites for hydroxylation is 2. The van der Waals surface area contributed by atoms with E-state index in [1.165, 1.54) is 44.0 Å². The summed E-state index contributed by atoms with van der Waals surface area (Å²) < 4.78 is 141. The lowest BCUT2D eigenvalue weighted by molar-refractivity contribution is -0.275. The number of amides is 3. The van der Waals surface area contributed by atoms with Crippen LogP contribution in [0.2, 0.25) is 0 Å². The number of aromatic nitrogens is 6. The van der Waals surface area contributed by atoms with Gasteiger partial charge in [0.25, 0.3) is 20.0 Å². The third kappa shape index (κ3) is 11.8. The molecule has 0 saturated heterocycles. The third-order valence-electron chi connectivity index (χ3n) is 6.20. The molecule has 0 radical (unpaired) electrons. The van der Waals surface area contributed by atoms with Gasteiger partial charge in [0.15, 0.2) is 0 Å². The van der Waals surface area contributed by atoms with Crippen LogP contribution in [-0.4, -0.2) is 85.0 Å². The van der Waals surface area contributed by atoms with E-state index in [1.807, 2.05) is 0 Å². The number of sulfonamides is 2. The topological polar surface area (TPSA) is 245 Å². The molecule has 2 aromatic heterocycles. The van der Waals surface area contributed by atoms with E-state index in [9.17, 15) is 57.6 Å². The molecule has 294 valence electrons. The Kier molecular flexibility index (Phi) is 13.2. The standard InChI is InChI=1S/C15H16F3N5O4S.C12H11F3N4O6S/c1-9-19-12(22-14(20-9)27-2)21-13(24)23-28(25,26)11-6-4-3-5-10(11)7-8-15(16,17)18;1-18-10(24-2)16-19(11(18)21)9(20)17-26(22,23)8-6-4-3-5-7(8)25-12(13,14)15/h3-6H,7-8H2,1-2H3,(H2,19,20,21,22,23,24);3-6H,1-2H3,(H,17,20). The number of hydrogen-bond donors (Lipinski definition) is 3. The minimum atomic E-state index is -5.15. The van der Waals surface area contributed by atoms with Crippen molar-refractivity contribution in [2.24, 2.45) is 7.05 Å². The van der Waals surface area contributed by atoms with Crippen molar-refractivity contribution in [2.45, 2.75) is 42.1 Å². The summed E-state index contributed by atoms with van der Waals surface area (Å²) in [5, 5.41) is 5.55. The van der Waals surface area contributed by atoms with Crippen molar-refractivity contribution in [2.75, 3.05) is 19.5 Å². The number of carbonyl (C=O) groups excluding carboxylic acids is 2. The van der Waals surface area contributed by atoms with Gasteiger partial charge in [-0.1, -0.05) is 30.3 Å². The Morgan fingerprint density at radius 3 is 2.00 bits per heavy atom. The lowest BCUT2D eigenvalue weighted by atomic mass is 10.1. The maximum Gasteiger partial charge on any atom is 0.573 e. The molecule has 4 rings (SSSR count). The minimum Gasteiger partial charge on any atom is -0.467 e. The number of methoxy groups -OCH3 is 2. The van der Waals surface area contributed by atoms with Crippen LogP contribution >= 0.6 is 0 Å². The summed E-state index contributed by atoms with van der Waals surface area (Å²) in [5.41, 5.74) is -1.10. The Morgan fingerprint density at radius 2 is 1.43 bits per heavy atom. The number of nitrogens with zero attached hydrogens (tertiary/aromatic N) is 6. The largest absolute Gasteiger partial charge is 0.573 e. The summed E-state index contributed by atoms with van der Waals surface area (Å²) in [4.78, 5) is 45.8. The van der Waals surface area contributed by atoms with Gasteiger partial charge in [0.05, 0.1) is 19.1 Å². The molecule has 54 heavy (non-hydrogen) atoms. The maximum absolute atomic E-state index is 12.5. The molecule has 0 atom stereocenters. The Hall–Kier alpha value is -5.99. The zero-order valence-electron chi connectivity index (χ0n) is 27.9. The van der Waals surface area contributed by atoms with E-state index in [-0.39, 0.29) is 34.0 Å². The quantitative estimate of drug-likeness (QED) is 0.195. The number of nitrogens with one attached hydrogen (secondary N) is 3. The van der Waals surface area contributed by atoms with Gasteiger partial charge in [-0.2, -0.15) is 28.1 Å². The van der Waals surface area contributed by atoms with E-state index in [2.05, 4.69) is 30.1 Å². The van der Waals surface area contributed by atoms with Gasteiger partial charge in [0.2, 0.25) is 5.95 Å². The van der Waals surface area contributed by atoms with Crippen molar-refractivity contribution < 1.29 is 67.0 Å². The van der Waals surface area contributed by atoms with Crippen molar-refractivity contribution in [3.63, 3.8) is 0 Å².